The van der Waals surface area contributed by atoms with Crippen molar-refractivity contribution in [2.24, 2.45) is 5.92 Å². The number of hydrogen-bond donors (Lipinski definition) is 0. The first-order valence-electron chi connectivity index (χ1n) is 8.91. The highest BCUT2D eigenvalue weighted by atomic mass is 32.1. The van der Waals surface area contributed by atoms with Gasteiger partial charge >= 0.3 is 12.1 Å². The molecule has 0 aliphatic rings. The zero-order valence-electron chi connectivity index (χ0n) is 17.4. The Labute approximate surface area is 165 Å². The first kappa shape index (κ1) is 23.1. The molecule has 7 nitrogen and oxygen atoms in total. The van der Waals surface area contributed by atoms with Gasteiger partial charge in [0, 0.05) is 38.7 Å². The first-order chi connectivity index (χ1) is 12.3. The maximum Gasteiger partial charge on any atom is 0.410 e. The monoisotopic (exact) mass is 398 g/mol. The molecule has 1 aromatic heterocycles. The summed E-state index contributed by atoms with van der Waals surface area (Å²) < 4.78 is 10.9. The lowest BCUT2D eigenvalue weighted by molar-refractivity contribution is -0.147. The van der Waals surface area contributed by atoms with Crippen molar-refractivity contribution >= 4 is 29.2 Å². The number of Topliss-reactive ketones (excluding diaryl/α,β-unsaturated/α-hetero) is 1. The molecule has 1 rings (SSSR count). The summed E-state index contributed by atoms with van der Waals surface area (Å²) in [5, 5.41) is 2.19. The van der Waals surface area contributed by atoms with Gasteiger partial charge in [-0.25, -0.2) is 9.78 Å². The third-order valence-electron chi connectivity index (χ3n) is 3.87. The minimum Gasteiger partial charge on any atom is -0.455 e. The highest BCUT2D eigenvalue weighted by Gasteiger charge is 2.32. The van der Waals surface area contributed by atoms with E-state index >= 15 is 0 Å². The van der Waals surface area contributed by atoms with Gasteiger partial charge in [-0.15, -0.1) is 11.3 Å². The minimum atomic E-state index is -0.641. The summed E-state index contributed by atoms with van der Waals surface area (Å²) in [6.07, 6.45) is -0.720. The topological polar surface area (TPSA) is 85.8 Å². The van der Waals surface area contributed by atoms with E-state index in [9.17, 15) is 14.4 Å². The van der Waals surface area contributed by atoms with Gasteiger partial charge in [-0.2, -0.15) is 0 Å². The Kier molecular flexibility index (Phi) is 7.95. The van der Waals surface area contributed by atoms with E-state index in [1.807, 2.05) is 34.6 Å². The van der Waals surface area contributed by atoms with Crippen molar-refractivity contribution in [3.05, 3.63) is 16.1 Å². The Morgan fingerprint density at radius 1 is 1.22 bits per heavy atom. The van der Waals surface area contributed by atoms with E-state index in [-0.39, 0.29) is 17.7 Å². The van der Waals surface area contributed by atoms with E-state index < -0.39 is 23.8 Å². The molecule has 1 aromatic rings. The number of amides is 1. The maximum atomic E-state index is 12.5. The highest BCUT2D eigenvalue weighted by Crippen LogP contribution is 2.30. The van der Waals surface area contributed by atoms with Gasteiger partial charge in [-0.1, -0.05) is 13.8 Å². The third-order valence-corrected chi connectivity index (χ3v) is 4.81. The number of ketones is 1. The van der Waals surface area contributed by atoms with Crippen LogP contribution >= 0.6 is 11.3 Å². The number of carbonyl (C=O) groups excluding carboxylic acids is 3. The molecule has 1 heterocycles. The molecule has 0 N–H and O–H groups in total. The summed E-state index contributed by atoms with van der Waals surface area (Å²) in [4.78, 5) is 41.4. The molecule has 0 radical (unpaired) electrons. The molecule has 2 atom stereocenters. The normalized spacial score (nSPS) is 13.8. The van der Waals surface area contributed by atoms with Gasteiger partial charge in [0.1, 0.15) is 16.3 Å². The number of carbonyl (C=O) groups is 3. The lowest BCUT2D eigenvalue weighted by atomic mass is 9.96. The van der Waals surface area contributed by atoms with Crippen LogP contribution < -0.4 is 0 Å². The molecule has 0 aromatic carbocycles. The first-order valence-corrected chi connectivity index (χ1v) is 9.79. The number of ether oxygens (including phenoxy) is 2. The van der Waals surface area contributed by atoms with Gasteiger partial charge < -0.3 is 14.4 Å². The second kappa shape index (κ2) is 9.30. The van der Waals surface area contributed by atoms with E-state index in [4.69, 9.17) is 9.47 Å². The predicted molar refractivity (Wildman–Crippen MR) is 104 cm³/mol. The molecule has 0 saturated carbocycles. The summed E-state index contributed by atoms with van der Waals surface area (Å²) in [5.74, 6) is -0.500. The molecule has 0 unspecified atom stereocenters. The van der Waals surface area contributed by atoms with Crippen LogP contribution in [-0.4, -0.2) is 46.4 Å². The summed E-state index contributed by atoms with van der Waals surface area (Å²) in [5.41, 5.74) is -0.262. The Balaban J connectivity index is 3.07. The van der Waals surface area contributed by atoms with E-state index in [2.05, 4.69) is 4.98 Å². The summed E-state index contributed by atoms with van der Waals surface area (Å²) >= 11 is 1.27. The molecule has 0 aliphatic heterocycles. The molecule has 27 heavy (non-hydrogen) atoms. The van der Waals surface area contributed by atoms with Gasteiger partial charge in [0.25, 0.3) is 0 Å². The predicted octanol–water partition coefficient (Wildman–Crippen LogP) is 4.23. The van der Waals surface area contributed by atoms with E-state index in [1.54, 1.807) is 12.4 Å². The van der Waals surface area contributed by atoms with Crippen molar-refractivity contribution in [3.8, 4) is 0 Å². The van der Waals surface area contributed by atoms with Crippen LogP contribution in [0.25, 0.3) is 0 Å². The fraction of sp³-hybridized carbons (Fsp3) is 0.684. The van der Waals surface area contributed by atoms with Gasteiger partial charge in [-0.05, 0) is 26.7 Å². The molecular formula is C19H30N2O5S. The lowest BCUT2D eigenvalue weighted by Gasteiger charge is -2.34. The maximum absolute atomic E-state index is 12.5. The lowest BCUT2D eigenvalue weighted by Crippen LogP contribution is -2.44. The van der Waals surface area contributed by atoms with Crippen LogP contribution in [0, 0.1) is 5.92 Å². The zero-order chi connectivity index (χ0) is 20.9. The molecular weight excluding hydrogens is 368 g/mol. The quantitative estimate of drug-likeness (QED) is 0.505. The second-order valence-electron chi connectivity index (χ2n) is 7.86. The van der Waals surface area contributed by atoms with Crippen molar-refractivity contribution in [1.82, 2.24) is 9.88 Å². The van der Waals surface area contributed by atoms with Crippen molar-refractivity contribution in [3.63, 3.8) is 0 Å². The number of nitrogens with zero attached hydrogens (tertiary/aromatic N) is 2. The molecule has 0 spiro atoms. The average Bonchev–Trinajstić information content (AvgIpc) is 2.98. The summed E-state index contributed by atoms with van der Waals surface area (Å²) in [6.45, 7) is 12.2. The number of rotatable bonds is 7. The standard InChI is InChI=1S/C19H30N2O5S/c1-11(2)15(21(8)18(24)26-19(5,6)7)9-16(25-13(4)23)17-20-14(10-27-17)12(3)22/h10-11,15-16H,9H2,1-8H3/t15-,16+/m1/s1. The summed E-state index contributed by atoms with van der Waals surface area (Å²) in [7, 11) is 1.67. The Morgan fingerprint density at radius 3 is 2.22 bits per heavy atom. The van der Waals surface area contributed by atoms with Crippen LogP contribution in [0.2, 0.25) is 0 Å². The molecule has 152 valence electrons. The van der Waals surface area contributed by atoms with Gasteiger partial charge in [0.15, 0.2) is 11.9 Å². The second-order valence-corrected chi connectivity index (χ2v) is 8.75. The molecule has 0 bridgehead atoms. The van der Waals surface area contributed by atoms with E-state index in [0.29, 0.717) is 17.1 Å². The van der Waals surface area contributed by atoms with Crippen molar-refractivity contribution < 1.29 is 23.9 Å². The Morgan fingerprint density at radius 2 is 1.81 bits per heavy atom. The average molecular weight is 399 g/mol. The van der Waals surface area contributed by atoms with Gasteiger partial charge in [0.05, 0.1) is 0 Å². The van der Waals surface area contributed by atoms with Crippen LogP contribution in [0.1, 0.15) is 76.5 Å². The van der Waals surface area contributed by atoms with Gasteiger partial charge in [-0.3, -0.25) is 9.59 Å². The van der Waals surface area contributed by atoms with E-state index in [0.717, 1.165) is 0 Å². The third kappa shape index (κ3) is 7.28. The fourth-order valence-electron chi connectivity index (χ4n) is 2.56. The van der Waals surface area contributed by atoms with Crippen LogP contribution in [0.15, 0.2) is 5.38 Å². The number of thiazole rings is 1. The molecule has 8 heteroatoms. The van der Waals surface area contributed by atoms with Crippen molar-refractivity contribution in [2.75, 3.05) is 7.05 Å². The van der Waals surface area contributed by atoms with Crippen LogP contribution in [0.4, 0.5) is 4.79 Å². The molecule has 0 saturated heterocycles. The molecule has 1 amide bonds. The number of esters is 1. The highest BCUT2D eigenvalue weighted by molar-refractivity contribution is 7.09. The zero-order valence-corrected chi connectivity index (χ0v) is 18.2. The summed E-state index contributed by atoms with van der Waals surface area (Å²) in [6, 6.07) is -0.242. The van der Waals surface area contributed by atoms with Crippen molar-refractivity contribution in [2.45, 2.75) is 72.6 Å². The van der Waals surface area contributed by atoms with Gasteiger partial charge in [0.2, 0.25) is 0 Å². The van der Waals surface area contributed by atoms with Crippen LogP contribution in [-0.2, 0) is 14.3 Å². The van der Waals surface area contributed by atoms with Crippen LogP contribution in [0.5, 0.6) is 0 Å². The smallest absolute Gasteiger partial charge is 0.410 e. The Hall–Kier alpha value is -1.96. The Bertz CT molecular complexity index is 678. The molecule has 0 aliphatic carbocycles. The molecule has 0 fully saturated rings. The van der Waals surface area contributed by atoms with E-state index in [1.165, 1.54) is 30.1 Å². The SMILES string of the molecule is CC(=O)O[C@@H](C[C@H](C(C)C)N(C)C(=O)OC(C)(C)C)c1nc(C(C)=O)cs1. The number of hydrogen-bond acceptors (Lipinski definition) is 7. The van der Waals surface area contributed by atoms with Crippen molar-refractivity contribution in [1.29, 1.82) is 0 Å². The largest absolute Gasteiger partial charge is 0.455 e. The van der Waals surface area contributed by atoms with Crippen LogP contribution in [0.3, 0.4) is 0 Å². The minimum absolute atomic E-state index is 0.0906. The number of aromatic nitrogens is 1. The fourth-order valence-corrected chi connectivity index (χ4v) is 3.46.